The monoisotopic (exact) mass is 461 g/mol. The molecule has 0 N–H and O–H groups in total. The molecule has 1 aliphatic rings. The number of pyridine rings is 1. The number of benzene rings is 2. The fraction of sp³-hybridized carbons (Fsp3) is 0.192. The molecule has 2 aromatic carbocycles. The molecule has 2 heterocycles. The van der Waals surface area contributed by atoms with Gasteiger partial charge in [0.15, 0.2) is 11.6 Å². The molecule has 0 bridgehead atoms. The number of carbonyl (C=O) groups is 2. The van der Waals surface area contributed by atoms with Crippen molar-refractivity contribution >= 4 is 17.9 Å². The Labute approximate surface area is 197 Å². The molecule has 3 aromatic rings. The number of hydrogen-bond acceptors (Lipinski definition) is 5. The smallest absolute Gasteiger partial charge is 0.253 e. The Morgan fingerprint density at radius 3 is 2.35 bits per heavy atom. The van der Waals surface area contributed by atoms with Gasteiger partial charge in [-0.05, 0) is 60.2 Å². The Bertz CT molecular complexity index is 1170. The summed E-state index contributed by atoms with van der Waals surface area (Å²) in [5, 5.41) is 0. The highest BCUT2D eigenvalue weighted by atomic mass is 19.1. The van der Waals surface area contributed by atoms with Gasteiger partial charge < -0.3 is 19.3 Å². The average molecular weight is 461 g/mol. The fourth-order valence-corrected chi connectivity index (χ4v) is 3.56. The summed E-state index contributed by atoms with van der Waals surface area (Å²) in [4.78, 5) is 32.6. The zero-order valence-corrected chi connectivity index (χ0v) is 18.7. The molecule has 1 fully saturated rings. The second-order valence-corrected chi connectivity index (χ2v) is 7.66. The lowest BCUT2D eigenvalue weighted by molar-refractivity contribution is -0.127. The lowest BCUT2D eigenvalue weighted by Crippen LogP contribution is -2.50. The SMILES string of the molecule is COc1ccc(C(=O)N2CCN(C(=O)/C=C/c3ccc(Oc4cccnc4)c(F)c3)CC2)cc1. The van der Waals surface area contributed by atoms with E-state index in [4.69, 9.17) is 9.47 Å². The Kier molecular flexibility index (Phi) is 7.17. The standard InChI is InChI=1S/C26H24FN3O4/c1-33-21-8-6-20(7-9-21)26(32)30-15-13-29(14-16-30)25(31)11-5-19-4-10-24(23(27)17-19)34-22-3-2-12-28-18-22/h2-12,17-18H,13-16H2,1H3/b11-5+. The largest absolute Gasteiger partial charge is 0.497 e. The molecule has 0 unspecified atom stereocenters. The molecule has 7 nitrogen and oxygen atoms in total. The maximum absolute atomic E-state index is 14.4. The van der Waals surface area contributed by atoms with Crippen LogP contribution in [0, 0.1) is 5.82 Å². The normalized spacial score (nSPS) is 13.7. The Hall–Kier alpha value is -4.20. The summed E-state index contributed by atoms with van der Waals surface area (Å²) >= 11 is 0. The van der Waals surface area contributed by atoms with Gasteiger partial charge >= 0.3 is 0 Å². The van der Waals surface area contributed by atoms with Crippen LogP contribution in [-0.2, 0) is 4.79 Å². The molecule has 0 aliphatic carbocycles. The molecule has 0 saturated carbocycles. The summed E-state index contributed by atoms with van der Waals surface area (Å²) in [6.07, 6.45) is 6.08. The molecule has 1 aliphatic heterocycles. The molecule has 8 heteroatoms. The van der Waals surface area contributed by atoms with Crippen LogP contribution in [0.25, 0.3) is 6.08 Å². The van der Waals surface area contributed by atoms with E-state index in [1.807, 2.05) is 0 Å². The maximum atomic E-state index is 14.4. The van der Waals surface area contributed by atoms with Gasteiger partial charge in [-0.1, -0.05) is 6.07 Å². The molecule has 0 atom stereocenters. The van der Waals surface area contributed by atoms with Crippen LogP contribution in [0.1, 0.15) is 15.9 Å². The lowest BCUT2D eigenvalue weighted by atomic mass is 10.1. The molecule has 2 amide bonds. The number of hydrogen-bond donors (Lipinski definition) is 0. The first-order chi connectivity index (χ1) is 16.5. The van der Waals surface area contributed by atoms with Crippen LogP contribution in [0.4, 0.5) is 4.39 Å². The van der Waals surface area contributed by atoms with Gasteiger partial charge in [0.05, 0.1) is 13.3 Å². The molecular formula is C26H24FN3O4. The van der Waals surface area contributed by atoms with Crippen molar-refractivity contribution < 1.29 is 23.5 Å². The van der Waals surface area contributed by atoms with Crippen molar-refractivity contribution in [1.29, 1.82) is 0 Å². The van der Waals surface area contributed by atoms with Gasteiger partial charge in [0.2, 0.25) is 5.91 Å². The van der Waals surface area contributed by atoms with Crippen LogP contribution in [0.5, 0.6) is 17.2 Å². The topological polar surface area (TPSA) is 72.0 Å². The molecule has 1 aromatic heterocycles. The number of rotatable bonds is 6. The van der Waals surface area contributed by atoms with Crippen molar-refractivity contribution in [2.24, 2.45) is 0 Å². The summed E-state index contributed by atoms with van der Waals surface area (Å²) < 4.78 is 25.0. The van der Waals surface area contributed by atoms with Crippen molar-refractivity contribution in [1.82, 2.24) is 14.8 Å². The van der Waals surface area contributed by atoms with Crippen LogP contribution < -0.4 is 9.47 Å². The average Bonchev–Trinajstić information content (AvgIpc) is 2.89. The number of carbonyl (C=O) groups excluding carboxylic acids is 2. The van der Waals surface area contributed by atoms with E-state index in [1.54, 1.807) is 71.6 Å². The summed E-state index contributed by atoms with van der Waals surface area (Å²) in [6, 6.07) is 14.8. The molecule has 34 heavy (non-hydrogen) atoms. The Morgan fingerprint density at radius 1 is 0.971 bits per heavy atom. The number of methoxy groups -OCH3 is 1. The number of piperazine rings is 1. The van der Waals surface area contributed by atoms with E-state index in [2.05, 4.69) is 4.98 Å². The first kappa shape index (κ1) is 23.0. The zero-order chi connectivity index (χ0) is 23.9. The van der Waals surface area contributed by atoms with E-state index in [0.717, 1.165) is 0 Å². The van der Waals surface area contributed by atoms with E-state index in [-0.39, 0.29) is 17.6 Å². The first-order valence-corrected chi connectivity index (χ1v) is 10.8. The number of ether oxygens (including phenoxy) is 2. The van der Waals surface area contributed by atoms with Crippen LogP contribution in [-0.4, -0.2) is 59.9 Å². The summed E-state index contributed by atoms with van der Waals surface area (Å²) in [5.74, 6) is 0.402. The molecule has 0 spiro atoms. The molecule has 174 valence electrons. The second kappa shape index (κ2) is 10.6. The van der Waals surface area contributed by atoms with Gasteiger partial charge in [0.1, 0.15) is 11.5 Å². The zero-order valence-electron chi connectivity index (χ0n) is 18.7. The van der Waals surface area contributed by atoms with Gasteiger partial charge in [-0.25, -0.2) is 4.39 Å². The van der Waals surface area contributed by atoms with Gasteiger partial charge in [0.25, 0.3) is 5.91 Å². The maximum Gasteiger partial charge on any atom is 0.253 e. The first-order valence-electron chi connectivity index (χ1n) is 10.8. The van der Waals surface area contributed by atoms with Gasteiger partial charge in [-0.2, -0.15) is 0 Å². The molecule has 1 saturated heterocycles. The minimum atomic E-state index is -0.538. The highest BCUT2D eigenvalue weighted by molar-refractivity contribution is 5.95. The predicted octanol–water partition coefficient (Wildman–Crippen LogP) is 4.02. The number of amides is 2. The van der Waals surface area contributed by atoms with Crippen LogP contribution in [0.3, 0.4) is 0 Å². The highest BCUT2D eigenvalue weighted by Gasteiger charge is 2.24. The van der Waals surface area contributed by atoms with E-state index < -0.39 is 5.82 Å². The number of halogens is 1. The van der Waals surface area contributed by atoms with Gasteiger partial charge in [-0.3, -0.25) is 14.6 Å². The lowest BCUT2D eigenvalue weighted by Gasteiger charge is -2.34. The van der Waals surface area contributed by atoms with Crippen LogP contribution in [0.15, 0.2) is 73.1 Å². The molecule has 4 rings (SSSR count). The quantitative estimate of drug-likeness (QED) is 0.519. The minimum Gasteiger partial charge on any atom is -0.497 e. The van der Waals surface area contributed by atoms with E-state index in [1.165, 1.54) is 24.4 Å². The third kappa shape index (κ3) is 5.58. The molecule has 0 radical (unpaired) electrons. The third-order valence-corrected chi connectivity index (χ3v) is 5.45. The van der Waals surface area contributed by atoms with Crippen LogP contribution >= 0.6 is 0 Å². The second-order valence-electron chi connectivity index (χ2n) is 7.66. The fourth-order valence-electron chi connectivity index (χ4n) is 3.56. The highest BCUT2D eigenvalue weighted by Crippen LogP contribution is 2.25. The van der Waals surface area contributed by atoms with Crippen molar-refractivity contribution in [3.8, 4) is 17.2 Å². The summed E-state index contributed by atoms with van der Waals surface area (Å²) in [5.41, 5.74) is 1.12. The van der Waals surface area contributed by atoms with Crippen molar-refractivity contribution in [3.05, 3.63) is 90.0 Å². The van der Waals surface area contributed by atoms with Gasteiger partial charge in [0, 0.05) is 44.0 Å². The molecular weight excluding hydrogens is 437 g/mol. The van der Waals surface area contributed by atoms with Crippen molar-refractivity contribution in [3.63, 3.8) is 0 Å². The van der Waals surface area contributed by atoms with Crippen LogP contribution in [0.2, 0.25) is 0 Å². The summed E-state index contributed by atoms with van der Waals surface area (Å²) in [7, 11) is 1.57. The minimum absolute atomic E-state index is 0.0747. The van der Waals surface area contributed by atoms with E-state index in [0.29, 0.717) is 48.8 Å². The van der Waals surface area contributed by atoms with Crippen molar-refractivity contribution in [2.75, 3.05) is 33.3 Å². The Balaban J connectivity index is 1.30. The van der Waals surface area contributed by atoms with Crippen molar-refractivity contribution in [2.45, 2.75) is 0 Å². The van der Waals surface area contributed by atoms with E-state index in [9.17, 15) is 14.0 Å². The van der Waals surface area contributed by atoms with E-state index >= 15 is 0 Å². The Morgan fingerprint density at radius 2 is 1.71 bits per heavy atom. The third-order valence-electron chi connectivity index (χ3n) is 5.45. The summed E-state index contributed by atoms with van der Waals surface area (Å²) in [6.45, 7) is 1.74. The number of nitrogens with zero attached hydrogens (tertiary/aromatic N) is 3. The predicted molar refractivity (Wildman–Crippen MR) is 125 cm³/mol. The number of aromatic nitrogens is 1. The van der Waals surface area contributed by atoms with Gasteiger partial charge in [-0.15, -0.1) is 0 Å².